The van der Waals surface area contributed by atoms with Crippen LogP contribution in [0.5, 0.6) is 0 Å². The number of nitrogens with two attached hydrogens (primary N) is 1. The molecule has 1 aromatic heterocycles. The van der Waals surface area contributed by atoms with Crippen LogP contribution in [-0.4, -0.2) is 11.5 Å². The topological polar surface area (TPSA) is 52.0 Å². The molecule has 134 valence electrons. The number of allylic oxidation sites excluding steroid dienone is 1. The van der Waals surface area contributed by atoms with E-state index in [1.165, 1.54) is 27.8 Å². The Morgan fingerprint density at radius 1 is 1.04 bits per heavy atom. The quantitative estimate of drug-likeness (QED) is 0.634. The predicted octanol–water partition coefficient (Wildman–Crippen LogP) is 5.07. The maximum absolute atomic E-state index is 6.20. The van der Waals surface area contributed by atoms with Gasteiger partial charge in [0.25, 0.3) is 0 Å². The molecule has 2 N–H and O–H groups in total. The summed E-state index contributed by atoms with van der Waals surface area (Å²) in [5.41, 5.74) is 14.5. The highest BCUT2D eigenvalue weighted by molar-refractivity contribution is 5.92. The standard InChI is InChI=1S/C23H26N2O/c1-16(15-24)19-13-11-18-12-14-20-23(22(18)19)26-21(25-20)10-6-5-9-17-7-3-2-4-8-17/h2-4,7-8,12,14H,5-6,9-11,13,15,24H2,1H3/b19-16+. The number of nitrogens with zero attached hydrogens (tertiary/aromatic N) is 1. The highest BCUT2D eigenvalue weighted by atomic mass is 16.3. The van der Waals surface area contributed by atoms with E-state index < -0.39 is 0 Å². The van der Waals surface area contributed by atoms with Crippen LogP contribution < -0.4 is 5.73 Å². The summed E-state index contributed by atoms with van der Waals surface area (Å²) in [6, 6.07) is 15.0. The number of rotatable bonds is 6. The van der Waals surface area contributed by atoms with E-state index in [9.17, 15) is 0 Å². The van der Waals surface area contributed by atoms with Gasteiger partial charge in [0.1, 0.15) is 5.52 Å². The summed E-state index contributed by atoms with van der Waals surface area (Å²) in [4.78, 5) is 4.73. The summed E-state index contributed by atoms with van der Waals surface area (Å²) in [6.07, 6.45) is 6.38. The molecule has 0 amide bonds. The molecule has 0 atom stereocenters. The van der Waals surface area contributed by atoms with Gasteiger partial charge in [-0.1, -0.05) is 42.0 Å². The third-order valence-corrected chi connectivity index (χ3v) is 5.40. The van der Waals surface area contributed by atoms with Gasteiger partial charge in [0.15, 0.2) is 11.5 Å². The van der Waals surface area contributed by atoms with Crippen molar-refractivity contribution in [3.05, 3.63) is 70.6 Å². The fourth-order valence-corrected chi connectivity index (χ4v) is 3.91. The van der Waals surface area contributed by atoms with Crippen molar-refractivity contribution in [2.45, 2.75) is 45.4 Å². The normalized spacial score (nSPS) is 15.5. The van der Waals surface area contributed by atoms with Gasteiger partial charge < -0.3 is 10.2 Å². The lowest BCUT2D eigenvalue weighted by Gasteiger charge is -2.05. The van der Waals surface area contributed by atoms with Crippen molar-refractivity contribution in [3.8, 4) is 0 Å². The van der Waals surface area contributed by atoms with Gasteiger partial charge in [-0.15, -0.1) is 0 Å². The van der Waals surface area contributed by atoms with Crippen molar-refractivity contribution in [2.75, 3.05) is 6.54 Å². The summed E-state index contributed by atoms with van der Waals surface area (Å²) in [7, 11) is 0. The minimum atomic E-state index is 0.603. The zero-order valence-corrected chi connectivity index (χ0v) is 15.4. The molecule has 1 aliphatic rings. The van der Waals surface area contributed by atoms with Gasteiger partial charge in [0, 0.05) is 18.5 Å². The summed E-state index contributed by atoms with van der Waals surface area (Å²) in [5.74, 6) is 0.859. The monoisotopic (exact) mass is 346 g/mol. The van der Waals surface area contributed by atoms with Crippen LogP contribution in [0.15, 0.2) is 52.5 Å². The van der Waals surface area contributed by atoms with E-state index in [2.05, 4.69) is 49.4 Å². The average Bonchev–Trinajstić information content (AvgIpc) is 3.28. The van der Waals surface area contributed by atoms with Crippen LogP contribution in [0.25, 0.3) is 16.7 Å². The highest BCUT2D eigenvalue weighted by Gasteiger charge is 2.23. The van der Waals surface area contributed by atoms with Crippen LogP contribution in [0, 0.1) is 0 Å². The van der Waals surface area contributed by atoms with Crippen molar-refractivity contribution in [1.29, 1.82) is 0 Å². The van der Waals surface area contributed by atoms with E-state index in [1.54, 1.807) is 0 Å². The first-order valence-corrected chi connectivity index (χ1v) is 9.60. The van der Waals surface area contributed by atoms with Crippen LogP contribution in [0.3, 0.4) is 0 Å². The maximum Gasteiger partial charge on any atom is 0.195 e. The molecular weight excluding hydrogens is 320 g/mol. The van der Waals surface area contributed by atoms with Gasteiger partial charge in [-0.05, 0) is 61.8 Å². The molecule has 0 aliphatic heterocycles. The molecule has 1 heterocycles. The summed E-state index contributed by atoms with van der Waals surface area (Å²) < 4.78 is 6.20. The zero-order chi connectivity index (χ0) is 17.9. The van der Waals surface area contributed by atoms with E-state index >= 15 is 0 Å². The molecule has 0 saturated carbocycles. The van der Waals surface area contributed by atoms with Gasteiger partial charge in [-0.25, -0.2) is 4.98 Å². The number of oxazole rings is 1. The number of fused-ring (bicyclic) bond motifs is 3. The number of hydrogen-bond donors (Lipinski definition) is 1. The van der Waals surface area contributed by atoms with Crippen molar-refractivity contribution in [3.63, 3.8) is 0 Å². The first kappa shape index (κ1) is 17.0. The van der Waals surface area contributed by atoms with Crippen LogP contribution in [-0.2, 0) is 19.3 Å². The Morgan fingerprint density at radius 2 is 1.85 bits per heavy atom. The molecule has 0 unspecified atom stereocenters. The first-order valence-electron chi connectivity index (χ1n) is 9.60. The summed E-state index contributed by atoms with van der Waals surface area (Å²) in [5, 5.41) is 0. The van der Waals surface area contributed by atoms with Crippen LogP contribution in [0.4, 0.5) is 0 Å². The Morgan fingerprint density at radius 3 is 2.65 bits per heavy atom. The lowest BCUT2D eigenvalue weighted by molar-refractivity contribution is 0.513. The number of unbranched alkanes of at least 4 members (excludes halogenated alkanes) is 1. The van der Waals surface area contributed by atoms with Gasteiger partial charge in [0.2, 0.25) is 0 Å². The molecule has 26 heavy (non-hydrogen) atoms. The molecule has 3 heteroatoms. The molecule has 1 aliphatic carbocycles. The van der Waals surface area contributed by atoms with Crippen molar-refractivity contribution in [1.82, 2.24) is 4.98 Å². The zero-order valence-electron chi connectivity index (χ0n) is 15.4. The average molecular weight is 346 g/mol. The van der Waals surface area contributed by atoms with E-state index in [1.807, 2.05) is 0 Å². The Labute approximate surface area is 154 Å². The largest absolute Gasteiger partial charge is 0.440 e. The van der Waals surface area contributed by atoms with Crippen molar-refractivity contribution >= 4 is 16.7 Å². The Hall–Kier alpha value is -2.39. The van der Waals surface area contributed by atoms with Gasteiger partial charge >= 0.3 is 0 Å². The number of aromatic nitrogens is 1. The molecule has 3 aromatic rings. The van der Waals surface area contributed by atoms with Gasteiger partial charge in [0.05, 0.1) is 0 Å². The van der Waals surface area contributed by atoms with Crippen LogP contribution in [0.2, 0.25) is 0 Å². The maximum atomic E-state index is 6.20. The molecule has 4 rings (SSSR count). The second kappa shape index (κ2) is 7.46. The smallest absolute Gasteiger partial charge is 0.195 e. The van der Waals surface area contributed by atoms with Crippen LogP contribution >= 0.6 is 0 Å². The minimum absolute atomic E-state index is 0.603. The van der Waals surface area contributed by atoms with Crippen molar-refractivity contribution < 1.29 is 4.42 Å². The molecule has 0 saturated heterocycles. The fraction of sp³-hybridized carbons (Fsp3) is 0.348. The Kier molecular flexibility index (Phi) is 4.89. The fourth-order valence-electron chi connectivity index (χ4n) is 3.91. The molecule has 3 nitrogen and oxygen atoms in total. The number of aryl methyl sites for hydroxylation is 3. The highest BCUT2D eigenvalue weighted by Crippen LogP contribution is 2.39. The molecule has 0 radical (unpaired) electrons. The second-order valence-electron chi connectivity index (χ2n) is 7.21. The van der Waals surface area contributed by atoms with Crippen LogP contribution in [0.1, 0.15) is 48.8 Å². The number of hydrogen-bond acceptors (Lipinski definition) is 3. The minimum Gasteiger partial charge on any atom is -0.440 e. The second-order valence-corrected chi connectivity index (χ2v) is 7.21. The Bertz CT molecular complexity index is 938. The van der Waals surface area contributed by atoms with E-state index in [-0.39, 0.29) is 0 Å². The molecule has 0 bridgehead atoms. The van der Waals surface area contributed by atoms with Gasteiger partial charge in [-0.3, -0.25) is 0 Å². The van der Waals surface area contributed by atoms with E-state index in [0.29, 0.717) is 6.54 Å². The SMILES string of the molecule is C/C(CN)=C1/CCc2ccc3nc(CCCCc4ccccc4)oc3c21. The van der Waals surface area contributed by atoms with E-state index in [4.69, 9.17) is 15.1 Å². The predicted molar refractivity (Wildman–Crippen MR) is 107 cm³/mol. The van der Waals surface area contributed by atoms with Crippen molar-refractivity contribution in [2.24, 2.45) is 5.73 Å². The molecule has 0 spiro atoms. The van der Waals surface area contributed by atoms with Gasteiger partial charge in [-0.2, -0.15) is 0 Å². The molecular formula is C23H26N2O. The third kappa shape index (κ3) is 3.32. The first-order chi connectivity index (χ1) is 12.8. The lowest BCUT2D eigenvalue weighted by Crippen LogP contribution is -2.02. The lowest BCUT2D eigenvalue weighted by atomic mass is 10.0. The summed E-state index contributed by atoms with van der Waals surface area (Å²) >= 11 is 0. The third-order valence-electron chi connectivity index (χ3n) is 5.40. The Balaban J connectivity index is 1.50. The molecule has 2 aromatic carbocycles. The number of benzene rings is 2. The van der Waals surface area contributed by atoms with E-state index in [0.717, 1.165) is 55.5 Å². The molecule has 0 fully saturated rings. The summed E-state index contributed by atoms with van der Waals surface area (Å²) in [6.45, 7) is 2.73.